The van der Waals surface area contributed by atoms with Crippen LogP contribution in [0.15, 0.2) is 11.6 Å². The van der Waals surface area contributed by atoms with Crippen LogP contribution in [0.3, 0.4) is 0 Å². The molecule has 1 rings (SSSR count). The Bertz CT molecular complexity index is 773. The number of rotatable bonds is 8. The first-order valence-corrected chi connectivity index (χ1v) is 8.25. The molecule has 0 radical (unpaired) electrons. The van der Waals surface area contributed by atoms with Crippen LogP contribution in [0.1, 0.15) is 23.9 Å². The Hall–Kier alpha value is -3.12. The fraction of sp³-hybridized carbons (Fsp3) is 0.444. The molecule has 2 amide bonds. The summed E-state index contributed by atoms with van der Waals surface area (Å²) in [5.41, 5.74) is 2.25. The van der Waals surface area contributed by atoms with Gasteiger partial charge < -0.3 is 18.8 Å². The summed E-state index contributed by atoms with van der Waals surface area (Å²) in [5.74, 6) is -1.81. The van der Waals surface area contributed by atoms with Gasteiger partial charge in [0.2, 0.25) is 0 Å². The van der Waals surface area contributed by atoms with Gasteiger partial charge in [-0.1, -0.05) is 0 Å². The van der Waals surface area contributed by atoms with E-state index in [-0.39, 0.29) is 12.2 Å². The third kappa shape index (κ3) is 6.60. The largest absolute Gasteiger partial charge is 0.451 e. The van der Waals surface area contributed by atoms with Gasteiger partial charge in [0.15, 0.2) is 6.61 Å². The minimum atomic E-state index is -0.960. The molecular weight excluding hydrogens is 354 g/mol. The molecule has 9 nitrogen and oxygen atoms in total. The monoisotopic (exact) mass is 377 g/mol. The molecule has 0 atom stereocenters. The highest BCUT2D eigenvalue weighted by atomic mass is 16.6. The third-order valence-corrected chi connectivity index (χ3v) is 3.62. The van der Waals surface area contributed by atoms with Crippen molar-refractivity contribution < 1.29 is 28.6 Å². The molecule has 1 aromatic rings. The zero-order valence-electron chi connectivity index (χ0n) is 15.8. The first-order chi connectivity index (χ1) is 12.8. The molecule has 0 saturated carbocycles. The Morgan fingerprint density at radius 2 is 2.00 bits per heavy atom. The number of carbonyl (C=O) groups excluding carboxylic acids is 3. The maximum atomic E-state index is 12.0. The number of ether oxygens (including phenoxy) is 3. The van der Waals surface area contributed by atoms with Gasteiger partial charge in [-0.3, -0.25) is 10.1 Å². The van der Waals surface area contributed by atoms with Gasteiger partial charge >= 0.3 is 12.1 Å². The van der Waals surface area contributed by atoms with Gasteiger partial charge in [0.25, 0.3) is 5.91 Å². The summed E-state index contributed by atoms with van der Waals surface area (Å²) in [7, 11) is 1.61. The molecule has 27 heavy (non-hydrogen) atoms. The van der Waals surface area contributed by atoms with E-state index < -0.39 is 24.6 Å². The number of aromatic nitrogens is 1. The van der Waals surface area contributed by atoms with Crippen LogP contribution in [-0.4, -0.2) is 49.5 Å². The fourth-order valence-electron chi connectivity index (χ4n) is 2.32. The summed E-state index contributed by atoms with van der Waals surface area (Å²) < 4.78 is 16.4. The summed E-state index contributed by atoms with van der Waals surface area (Å²) in [6.45, 7) is 5.92. The maximum Gasteiger partial charge on any atom is 0.413 e. The average Bonchev–Trinajstić information content (AvgIpc) is 2.89. The zero-order chi connectivity index (χ0) is 20.4. The van der Waals surface area contributed by atoms with Gasteiger partial charge in [0.1, 0.15) is 11.6 Å². The first kappa shape index (κ1) is 21.9. The highest BCUT2D eigenvalue weighted by Gasteiger charge is 2.16. The second-order valence-electron chi connectivity index (χ2n) is 5.49. The van der Waals surface area contributed by atoms with Crippen molar-refractivity contribution in [1.29, 1.82) is 5.26 Å². The van der Waals surface area contributed by atoms with E-state index in [0.29, 0.717) is 18.7 Å². The van der Waals surface area contributed by atoms with Crippen LogP contribution >= 0.6 is 0 Å². The van der Waals surface area contributed by atoms with Crippen LogP contribution in [0.5, 0.6) is 0 Å². The van der Waals surface area contributed by atoms with Crippen molar-refractivity contribution in [2.75, 3.05) is 26.9 Å². The Balaban J connectivity index is 2.80. The molecule has 9 heteroatoms. The summed E-state index contributed by atoms with van der Waals surface area (Å²) in [5, 5.41) is 11.1. The number of imide groups is 1. The molecule has 1 N–H and O–H groups in total. The van der Waals surface area contributed by atoms with Gasteiger partial charge in [-0.2, -0.15) is 5.26 Å². The van der Waals surface area contributed by atoms with E-state index in [1.807, 2.05) is 29.8 Å². The summed E-state index contributed by atoms with van der Waals surface area (Å²) in [6.07, 6.45) is 0.468. The van der Waals surface area contributed by atoms with Crippen LogP contribution in [0, 0.1) is 25.2 Å². The molecule has 1 heterocycles. The molecule has 0 spiro atoms. The van der Waals surface area contributed by atoms with E-state index in [2.05, 4.69) is 4.74 Å². The number of amides is 2. The lowest BCUT2D eigenvalue weighted by molar-refractivity contribution is -0.144. The first-order valence-electron chi connectivity index (χ1n) is 8.25. The number of nitrogens with one attached hydrogen (secondary N) is 1. The minimum Gasteiger partial charge on any atom is -0.451 e. The zero-order valence-corrected chi connectivity index (χ0v) is 15.8. The van der Waals surface area contributed by atoms with Gasteiger partial charge in [-0.15, -0.1) is 0 Å². The Morgan fingerprint density at radius 1 is 1.30 bits per heavy atom. The van der Waals surface area contributed by atoms with Crippen molar-refractivity contribution in [2.24, 2.45) is 0 Å². The van der Waals surface area contributed by atoms with Gasteiger partial charge in [0.05, 0.1) is 13.2 Å². The molecule has 146 valence electrons. The molecule has 0 unspecified atom stereocenters. The normalized spacial score (nSPS) is 10.9. The number of carbonyl (C=O) groups is 3. The SMILES string of the molecule is CCOC(=O)NC(=O)COC(=O)/C(C#N)=C/c1cc(C)n(CCOC)c1C. The number of hydrogen-bond donors (Lipinski definition) is 1. The number of aryl methyl sites for hydroxylation is 1. The van der Waals surface area contributed by atoms with Crippen molar-refractivity contribution >= 4 is 24.0 Å². The van der Waals surface area contributed by atoms with E-state index in [1.54, 1.807) is 20.1 Å². The number of alkyl carbamates (subject to hydrolysis) is 1. The van der Waals surface area contributed by atoms with Gasteiger partial charge in [-0.25, -0.2) is 9.59 Å². The topological polar surface area (TPSA) is 120 Å². The van der Waals surface area contributed by atoms with Crippen molar-refractivity contribution in [3.8, 4) is 6.07 Å². The second kappa shape index (κ2) is 10.8. The summed E-state index contributed by atoms with van der Waals surface area (Å²) in [4.78, 5) is 34.6. The fourth-order valence-corrected chi connectivity index (χ4v) is 2.32. The predicted octanol–water partition coefficient (Wildman–Crippen LogP) is 1.47. The van der Waals surface area contributed by atoms with E-state index in [4.69, 9.17) is 9.47 Å². The van der Waals surface area contributed by atoms with Crippen LogP contribution in [0.25, 0.3) is 6.08 Å². The highest BCUT2D eigenvalue weighted by molar-refractivity contribution is 6.00. The lowest BCUT2D eigenvalue weighted by Gasteiger charge is -2.08. The second-order valence-corrected chi connectivity index (χ2v) is 5.49. The predicted molar refractivity (Wildman–Crippen MR) is 95.5 cm³/mol. The Labute approximate surface area is 157 Å². The van der Waals surface area contributed by atoms with E-state index in [9.17, 15) is 19.6 Å². The number of esters is 1. The molecule has 0 aromatic carbocycles. The van der Waals surface area contributed by atoms with Crippen molar-refractivity contribution in [3.05, 3.63) is 28.6 Å². The number of nitrogens with zero attached hydrogens (tertiary/aromatic N) is 2. The number of methoxy groups -OCH3 is 1. The van der Waals surface area contributed by atoms with Crippen LogP contribution in [-0.2, 0) is 30.3 Å². The molecule has 0 fully saturated rings. The van der Waals surface area contributed by atoms with Crippen molar-refractivity contribution in [2.45, 2.75) is 27.3 Å². The summed E-state index contributed by atoms with van der Waals surface area (Å²) >= 11 is 0. The van der Waals surface area contributed by atoms with Crippen molar-refractivity contribution in [1.82, 2.24) is 9.88 Å². The van der Waals surface area contributed by atoms with Crippen molar-refractivity contribution in [3.63, 3.8) is 0 Å². The Kier molecular flexibility index (Phi) is 8.75. The molecule has 0 aliphatic heterocycles. The summed E-state index contributed by atoms with van der Waals surface area (Å²) in [6, 6.07) is 3.60. The molecule has 0 aliphatic rings. The van der Waals surface area contributed by atoms with Gasteiger partial charge in [0, 0.05) is 25.0 Å². The van der Waals surface area contributed by atoms with Crippen LogP contribution in [0.4, 0.5) is 4.79 Å². The third-order valence-electron chi connectivity index (χ3n) is 3.62. The van der Waals surface area contributed by atoms with Gasteiger partial charge in [-0.05, 0) is 38.5 Å². The number of nitriles is 1. The van der Waals surface area contributed by atoms with E-state index in [0.717, 1.165) is 11.4 Å². The van der Waals surface area contributed by atoms with E-state index >= 15 is 0 Å². The lowest BCUT2D eigenvalue weighted by Crippen LogP contribution is -2.34. The van der Waals surface area contributed by atoms with Crippen LogP contribution in [0.2, 0.25) is 0 Å². The smallest absolute Gasteiger partial charge is 0.413 e. The minimum absolute atomic E-state index is 0.100. The quantitative estimate of drug-likeness (QED) is 0.414. The Morgan fingerprint density at radius 3 is 2.59 bits per heavy atom. The highest BCUT2D eigenvalue weighted by Crippen LogP contribution is 2.18. The maximum absolute atomic E-state index is 12.0. The molecule has 0 aliphatic carbocycles. The molecule has 0 bridgehead atoms. The molecule has 0 saturated heterocycles. The van der Waals surface area contributed by atoms with E-state index in [1.165, 1.54) is 6.08 Å². The lowest BCUT2D eigenvalue weighted by atomic mass is 10.1. The standard InChI is InChI=1S/C18H23N3O6/c1-5-26-18(24)20-16(22)11-27-17(23)15(10-19)9-14-8-12(2)21(13(14)3)6-7-25-4/h8-9H,5-7,11H2,1-4H3,(H,20,22,24)/b15-9+. The molecule has 1 aromatic heterocycles. The van der Waals surface area contributed by atoms with Crippen LogP contribution < -0.4 is 5.32 Å². The molecular formula is C18H23N3O6. The average molecular weight is 377 g/mol. The number of hydrogen-bond acceptors (Lipinski definition) is 7.